The summed E-state index contributed by atoms with van der Waals surface area (Å²) in [6.45, 7) is 0.0204. The Kier molecular flexibility index (Phi) is 2.94. The van der Waals surface area contributed by atoms with Crippen molar-refractivity contribution in [3.63, 3.8) is 0 Å². The number of hydrogen-bond donors (Lipinski definition) is 0. The average molecular weight is 290 g/mol. The van der Waals surface area contributed by atoms with Crippen molar-refractivity contribution in [3.8, 4) is 6.07 Å². The Hall–Kier alpha value is -2.75. The van der Waals surface area contributed by atoms with Gasteiger partial charge < -0.3 is 4.57 Å². The molecule has 1 aromatic carbocycles. The fraction of sp³-hybridized carbons (Fsp3) is 0.143. The first kappa shape index (κ1) is 13.2. The SMILES string of the molecule is N#Cc1cnn2ccn(Cc3ccccc3C(F)(F)F)c12. The van der Waals surface area contributed by atoms with Crippen molar-refractivity contribution < 1.29 is 13.2 Å². The van der Waals surface area contributed by atoms with E-state index >= 15 is 0 Å². The van der Waals surface area contributed by atoms with Crippen molar-refractivity contribution in [2.75, 3.05) is 0 Å². The van der Waals surface area contributed by atoms with E-state index < -0.39 is 11.7 Å². The third-order valence-corrected chi connectivity index (χ3v) is 3.21. The molecule has 0 aliphatic heterocycles. The average Bonchev–Trinajstić information content (AvgIpc) is 3.01. The first-order chi connectivity index (χ1) is 10.0. The highest BCUT2D eigenvalue weighted by Gasteiger charge is 2.32. The Morgan fingerprint density at radius 2 is 1.95 bits per heavy atom. The molecule has 3 rings (SSSR count). The van der Waals surface area contributed by atoms with Gasteiger partial charge in [-0.1, -0.05) is 18.2 Å². The first-order valence-electron chi connectivity index (χ1n) is 6.08. The van der Waals surface area contributed by atoms with Gasteiger partial charge in [-0.25, -0.2) is 4.52 Å². The fourth-order valence-corrected chi connectivity index (χ4v) is 2.29. The normalized spacial score (nSPS) is 11.7. The van der Waals surface area contributed by atoms with Crippen LogP contribution < -0.4 is 0 Å². The van der Waals surface area contributed by atoms with E-state index in [0.29, 0.717) is 11.2 Å². The lowest BCUT2D eigenvalue weighted by Crippen LogP contribution is -2.11. The molecule has 2 heterocycles. The largest absolute Gasteiger partial charge is 0.416 e. The highest BCUT2D eigenvalue weighted by molar-refractivity contribution is 5.55. The number of rotatable bonds is 2. The second-order valence-corrected chi connectivity index (χ2v) is 4.52. The van der Waals surface area contributed by atoms with Crippen molar-refractivity contribution >= 4 is 5.65 Å². The first-order valence-corrected chi connectivity index (χ1v) is 6.08. The molecule has 0 saturated heterocycles. The van der Waals surface area contributed by atoms with Gasteiger partial charge in [0.1, 0.15) is 11.6 Å². The topological polar surface area (TPSA) is 46.0 Å². The summed E-state index contributed by atoms with van der Waals surface area (Å²) in [5.41, 5.74) is 0.280. The molecule has 0 spiro atoms. The smallest absolute Gasteiger partial charge is 0.326 e. The van der Waals surface area contributed by atoms with Crippen molar-refractivity contribution in [1.29, 1.82) is 5.26 Å². The van der Waals surface area contributed by atoms with Crippen LogP contribution in [0.4, 0.5) is 13.2 Å². The van der Waals surface area contributed by atoms with Crippen LogP contribution in [0.15, 0.2) is 42.9 Å². The van der Waals surface area contributed by atoms with E-state index in [1.54, 1.807) is 23.0 Å². The monoisotopic (exact) mass is 290 g/mol. The molecule has 7 heteroatoms. The Morgan fingerprint density at radius 1 is 1.19 bits per heavy atom. The maximum Gasteiger partial charge on any atom is 0.416 e. The number of hydrogen-bond acceptors (Lipinski definition) is 2. The molecule has 0 aliphatic rings. The maximum absolute atomic E-state index is 13.0. The number of nitrogens with zero attached hydrogens (tertiary/aromatic N) is 4. The molecular weight excluding hydrogens is 281 g/mol. The summed E-state index contributed by atoms with van der Waals surface area (Å²) < 4.78 is 42.0. The molecule has 0 saturated carbocycles. The van der Waals surface area contributed by atoms with Gasteiger partial charge in [-0.3, -0.25) is 0 Å². The van der Waals surface area contributed by atoms with Crippen LogP contribution in [0.5, 0.6) is 0 Å². The Morgan fingerprint density at radius 3 is 2.67 bits per heavy atom. The number of nitriles is 1. The van der Waals surface area contributed by atoms with E-state index in [9.17, 15) is 13.2 Å². The lowest BCUT2D eigenvalue weighted by molar-refractivity contribution is -0.138. The Labute approximate surface area is 117 Å². The van der Waals surface area contributed by atoms with E-state index in [0.717, 1.165) is 6.07 Å². The number of imidazole rings is 1. The molecule has 3 aromatic rings. The number of alkyl halides is 3. The molecule has 0 bridgehead atoms. The Bertz CT molecular complexity index is 836. The standard InChI is InChI=1S/C14H9F3N4/c15-14(16,17)12-4-2-1-3-10(12)9-20-5-6-21-13(20)11(7-18)8-19-21/h1-6,8H,9H2. The lowest BCUT2D eigenvalue weighted by Gasteiger charge is -2.13. The summed E-state index contributed by atoms with van der Waals surface area (Å²) in [6, 6.07) is 7.39. The predicted molar refractivity (Wildman–Crippen MR) is 68.4 cm³/mol. The van der Waals surface area contributed by atoms with Crippen LogP contribution in [0.2, 0.25) is 0 Å². The number of benzene rings is 1. The van der Waals surface area contributed by atoms with Crippen LogP contribution in [-0.4, -0.2) is 14.2 Å². The summed E-state index contributed by atoms with van der Waals surface area (Å²) in [5, 5.41) is 13.0. The van der Waals surface area contributed by atoms with Gasteiger partial charge in [-0.15, -0.1) is 0 Å². The minimum Gasteiger partial charge on any atom is -0.326 e. The van der Waals surface area contributed by atoms with Crippen LogP contribution in [-0.2, 0) is 12.7 Å². The highest BCUT2D eigenvalue weighted by Crippen LogP contribution is 2.32. The third-order valence-electron chi connectivity index (χ3n) is 3.21. The summed E-state index contributed by atoms with van der Waals surface area (Å²) in [5.74, 6) is 0. The molecule has 0 unspecified atom stereocenters. The van der Waals surface area contributed by atoms with Gasteiger partial charge in [0.05, 0.1) is 11.8 Å². The fourth-order valence-electron chi connectivity index (χ4n) is 2.29. The highest BCUT2D eigenvalue weighted by atomic mass is 19.4. The molecule has 106 valence electrons. The molecule has 0 atom stereocenters. The summed E-state index contributed by atoms with van der Waals surface area (Å²) in [7, 11) is 0. The second kappa shape index (κ2) is 4.66. The van der Waals surface area contributed by atoms with Gasteiger partial charge >= 0.3 is 6.18 Å². The van der Waals surface area contributed by atoms with E-state index in [1.165, 1.54) is 22.8 Å². The van der Waals surface area contributed by atoms with Crippen molar-refractivity contribution in [2.45, 2.75) is 12.7 Å². The number of halogens is 3. The van der Waals surface area contributed by atoms with Gasteiger partial charge in [0.2, 0.25) is 0 Å². The number of aromatic nitrogens is 3. The zero-order valence-corrected chi connectivity index (χ0v) is 10.7. The zero-order chi connectivity index (χ0) is 15.0. The molecule has 0 fully saturated rings. The van der Waals surface area contributed by atoms with E-state index in [-0.39, 0.29) is 12.1 Å². The molecule has 4 nitrogen and oxygen atoms in total. The zero-order valence-electron chi connectivity index (χ0n) is 10.7. The van der Waals surface area contributed by atoms with Crippen LogP contribution in [0.25, 0.3) is 5.65 Å². The second-order valence-electron chi connectivity index (χ2n) is 4.52. The van der Waals surface area contributed by atoms with Gasteiger partial charge in [-0.05, 0) is 11.6 Å². The van der Waals surface area contributed by atoms with Crippen LogP contribution in [0, 0.1) is 11.3 Å². The van der Waals surface area contributed by atoms with Crippen molar-refractivity contribution in [2.24, 2.45) is 0 Å². The van der Waals surface area contributed by atoms with Crippen molar-refractivity contribution in [3.05, 3.63) is 59.5 Å². The molecule has 0 radical (unpaired) electrons. The minimum absolute atomic E-state index is 0.0204. The molecular formula is C14H9F3N4. The summed E-state index contributed by atoms with van der Waals surface area (Å²) >= 11 is 0. The summed E-state index contributed by atoms with van der Waals surface area (Å²) in [6.07, 6.45) is 0.197. The van der Waals surface area contributed by atoms with Gasteiger partial charge in [0, 0.05) is 18.9 Å². The molecule has 2 aromatic heterocycles. The van der Waals surface area contributed by atoms with Crippen LogP contribution in [0.3, 0.4) is 0 Å². The van der Waals surface area contributed by atoms with Gasteiger partial charge in [-0.2, -0.15) is 23.5 Å². The lowest BCUT2D eigenvalue weighted by atomic mass is 10.1. The third kappa shape index (κ3) is 2.25. The van der Waals surface area contributed by atoms with Crippen molar-refractivity contribution in [1.82, 2.24) is 14.2 Å². The van der Waals surface area contributed by atoms with Crippen LogP contribution >= 0.6 is 0 Å². The van der Waals surface area contributed by atoms with Gasteiger partial charge in [0.15, 0.2) is 5.65 Å². The van der Waals surface area contributed by atoms with E-state index in [1.807, 2.05) is 6.07 Å². The molecule has 0 aliphatic carbocycles. The minimum atomic E-state index is -4.40. The molecule has 0 N–H and O–H groups in total. The van der Waals surface area contributed by atoms with Crippen LogP contribution in [0.1, 0.15) is 16.7 Å². The maximum atomic E-state index is 13.0. The van der Waals surface area contributed by atoms with Gasteiger partial charge in [0.25, 0.3) is 0 Å². The molecule has 21 heavy (non-hydrogen) atoms. The number of fused-ring (bicyclic) bond motifs is 1. The summed E-state index contributed by atoms with van der Waals surface area (Å²) in [4.78, 5) is 0. The molecule has 0 amide bonds. The predicted octanol–water partition coefficient (Wildman–Crippen LogP) is 3.07. The Balaban J connectivity index is 2.08. The van der Waals surface area contributed by atoms with E-state index in [4.69, 9.17) is 5.26 Å². The quantitative estimate of drug-likeness (QED) is 0.728. The van der Waals surface area contributed by atoms with E-state index in [2.05, 4.69) is 5.10 Å².